The third-order valence-electron chi connectivity index (χ3n) is 3.19. The van der Waals surface area contributed by atoms with Crippen molar-refractivity contribution in [3.8, 4) is 0 Å². The molecule has 1 amide bonds. The Morgan fingerprint density at radius 1 is 1.50 bits per heavy atom. The van der Waals surface area contributed by atoms with E-state index in [2.05, 4.69) is 40.3 Å². The first-order valence-electron chi connectivity index (χ1n) is 6.91. The van der Waals surface area contributed by atoms with Gasteiger partial charge in [-0.2, -0.15) is 0 Å². The van der Waals surface area contributed by atoms with Crippen molar-refractivity contribution >= 4 is 33.6 Å². The van der Waals surface area contributed by atoms with E-state index in [1.54, 1.807) is 11.8 Å². The Labute approximate surface area is 134 Å². The van der Waals surface area contributed by atoms with Gasteiger partial charge in [-0.05, 0) is 56.7 Å². The number of carbonyl (C=O) groups is 1. The Balaban J connectivity index is 2.39. The average Bonchev–Trinajstić information content (AvgIpc) is 2.41. The molecule has 1 aromatic carbocycles. The largest absolute Gasteiger partial charge is 0.368 e. The standard InChI is InChI=1S/C15H23BrN2OS/c1-3-9-18-15(2,14(17)19)8-5-10-20-13-7-4-6-12(16)11-13/h4,6-7,11,18H,3,5,8-10H2,1-2H3,(H2,17,19). The molecular formula is C15H23BrN2OS. The van der Waals surface area contributed by atoms with Gasteiger partial charge >= 0.3 is 0 Å². The predicted molar refractivity (Wildman–Crippen MR) is 90.0 cm³/mol. The number of hydrogen-bond acceptors (Lipinski definition) is 3. The highest BCUT2D eigenvalue weighted by Crippen LogP contribution is 2.24. The van der Waals surface area contributed by atoms with E-state index in [1.165, 1.54) is 4.90 Å². The quantitative estimate of drug-likeness (QED) is 0.524. The minimum atomic E-state index is -0.589. The van der Waals surface area contributed by atoms with Crippen LogP contribution in [0.2, 0.25) is 0 Å². The molecule has 0 bridgehead atoms. The van der Waals surface area contributed by atoms with Crippen LogP contribution in [0.5, 0.6) is 0 Å². The second-order valence-electron chi connectivity index (χ2n) is 5.03. The summed E-state index contributed by atoms with van der Waals surface area (Å²) in [5.74, 6) is 0.714. The highest BCUT2D eigenvalue weighted by atomic mass is 79.9. The molecule has 1 atom stereocenters. The lowest BCUT2D eigenvalue weighted by atomic mass is 9.95. The lowest BCUT2D eigenvalue weighted by Crippen LogP contribution is -2.53. The molecule has 0 aromatic heterocycles. The number of carbonyl (C=O) groups excluding carboxylic acids is 1. The lowest BCUT2D eigenvalue weighted by molar-refractivity contribution is -0.124. The molecule has 0 aliphatic rings. The normalized spacial score (nSPS) is 13.9. The van der Waals surface area contributed by atoms with Gasteiger partial charge in [0.05, 0.1) is 5.54 Å². The molecule has 20 heavy (non-hydrogen) atoms. The van der Waals surface area contributed by atoms with E-state index in [0.29, 0.717) is 0 Å². The lowest BCUT2D eigenvalue weighted by Gasteiger charge is -2.27. The number of thioether (sulfide) groups is 1. The van der Waals surface area contributed by atoms with Gasteiger partial charge in [0.1, 0.15) is 0 Å². The molecule has 0 radical (unpaired) electrons. The highest BCUT2D eigenvalue weighted by Gasteiger charge is 2.29. The molecule has 3 N–H and O–H groups in total. The summed E-state index contributed by atoms with van der Waals surface area (Å²) in [6.07, 6.45) is 2.71. The van der Waals surface area contributed by atoms with E-state index in [9.17, 15) is 4.79 Å². The fraction of sp³-hybridized carbons (Fsp3) is 0.533. The summed E-state index contributed by atoms with van der Waals surface area (Å²) < 4.78 is 1.09. The number of primary amides is 1. The number of nitrogens with two attached hydrogens (primary N) is 1. The fourth-order valence-corrected chi connectivity index (χ4v) is 3.33. The average molecular weight is 359 g/mol. The van der Waals surface area contributed by atoms with Crippen LogP contribution in [-0.2, 0) is 4.79 Å². The zero-order chi connectivity index (χ0) is 15.0. The van der Waals surface area contributed by atoms with Crippen molar-refractivity contribution in [3.05, 3.63) is 28.7 Å². The summed E-state index contributed by atoms with van der Waals surface area (Å²) in [7, 11) is 0. The highest BCUT2D eigenvalue weighted by molar-refractivity contribution is 9.10. The molecule has 1 unspecified atom stereocenters. The molecule has 5 heteroatoms. The monoisotopic (exact) mass is 358 g/mol. The van der Waals surface area contributed by atoms with Crippen molar-refractivity contribution < 1.29 is 4.79 Å². The van der Waals surface area contributed by atoms with Gasteiger partial charge in [-0.15, -0.1) is 11.8 Å². The summed E-state index contributed by atoms with van der Waals surface area (Å²) in [4.78, 5) is 12.8. The van der Waals surface area contributed by atoms with Gasteiger partial charge in [-0.1, -0.05) is 28.9 Å². The SMILES string of the molecule is CCCNC(C)(CCCSc1cccc(Br)c1)C(N)=O. The van der Waals surface area contributed by atoms with Gasteiger partial charge in [-0.3, -0.25) is 4.79 Å². The molecule has 0 aliphatic heterocycles. The number of hydrogen-bond donors (Lipinski definition) is 2. The van der Waals surface area contributed by atoms with Crippen molar-refractivity contribution in [2.24, 2.45) is 5.73 Å². The van der Waals surface area contributed by atoms with E-state index < -0.39 is 5.54 Å². The molecule has 0 saturated heterocycles. The van der Waals surface area contributed by atoms with Crippen LogP contribution < -0.4 is 11.1 Å². The summed E-state index contributed by atoms with van der Waals surface area (Å²) in [6, 6.07) is 8.25. The molecule has 1 aromatic rings. The summed E-state index contributed by atoms with van der Waals surface area (Å²) in [5.41, 5.74) is 4.92. The van der Waals surface area contributed by atoms with Gasteiger partial charge in [0.2, 0.25) is 5.91 Å². The maximum absolute atomic E-state index is 11.6. The van der Waals surface area contributed by atoms with E-state index in [4.69, 9.17) is 5.73 Å². The Bertz CT molecular complexity index is 442. The second kappa shape index (κ2) is 8.70. The van der Waals surface area contributed by atoms with E-state index >= 15 is 0 Å². The van der Waals surface area contributed by atoms with Gasteiger partial charge in [0.15, 0.2) is 0 Å². The molecule has 0 spiro atoms. The predicted octanol–water partition coefficient (Wildman–Crippen LogP) is 3.57. The Hall–Kier alpha value is -0.520. The van der Waals surface area contributed by atoms with Crippen LogP contribution in [0.4, 0.5) is 0 Å². The zero-order valence-corrected chi connectivity index (χ0v) is 14.5. The van der Waals surface area contributed by atoms with Crippen molar-refractivity contribution in [2.75, 3.05) is 12.3 Å². The van der Waals surface area contributed by atoms with Gasteiger partial charge in [0, 0.05) is 9.37 Å². The van der Waals surface area contributed by atoms with Crippen molar-refractivity contribution in [1.82, 2.24) is 5.32 Å². The number of nitrogens with one attached hydrogen (secondary N) is 1. The molecule has 0 saturated carbocycles. The van der Waals surface area contributed by atoms with Crippen molar-refractivity contribution in [2.45, 2.75) is 43.5 Å². The molecule has 0 aliphatic carbocycles. The Kier molecular flexibility index (Phi) is 7.62. The van der Waals surface area contributed by atoms with Crippen molar-refractivity contribution in [3.63, 3.8) is 0 Å². The number of benzene rings is 1. The first-order valence-corrected chi connectivity index (χ1v) is 8.69. The van der Waals surface area contributed by atoms with Crippen LogP contribution in [0.25, 0.3) is 0 Å². The third kappa shape index (κ3) is 5.85. The molecule has 3 nitrogen and oxygen atoms in total. The second-order valence-corrected chi connectivity index (χ2v) is 7.12. The van der Waals surface area contributed by atoms with Crippen LogP contribution in [-0.4, -0.2) is 23.7 Å². The first kappa shape index (κ1) is 17.5. The Morgan fingerprint density at radius 2 is 2.25 bits per heavy atom. The Morgan fingerprint density at radius 3 is 2.85 bits per heavy atom. The maximum atomic E-state index is 11.6. The molecule has 1 rings (SSSR count). The topological polar surface area (TPSA) is 55.1 Å². The van der Waals surface area contributed by atoms with Gasteiger partial charge in [-0.25, -0.2) is 0 Å². The summed E-state index contributed by atoms with van der Waals surface area (Å²) >= 11 is 5.27. The smallest absolute Gasteiger partial charge is 0.237 e. The van der Waals surface area contributed by atoms with Crippen LogP contribution in [0, 0.1) is 0 Å². The van der Waals surface area contributed by atoms with E-state index in [1.807, 2.05) is 19.1 Å². The van der Waals surface area contributed by atoms with E-state index in [-0.39, 0.29) is 5.91 Å². The number of halogens is 1. The van der Waals surface area contributed by atoms with Gasteiger partial charge in [0.25, 0.3) is 0 Å². The fourth-order valence-electron chi connectivity index (χ4n) is 1.87. The summed E-state index contributed by atoms with van der Waals surface area (Å²) in [5, 5.41) is 3.26. The maximum Gasteiger partial charge on any atom is 0.237 e. The molecular weight excluding hydrogens is 336 g/mol. The zero-order valence-electron chi connectivity index (χ0n) is 12.1. The molecule has 112 valence electrons. The van der Waals surface area contributed by atoms with Crippen LogP contribution in [0.3, 0.4) is 0 Å². The summed E-state index contributed by atoms with van der Waals surface area (Å²) in [6.45, 7) is 4.80. The van der Waals surface area contributed by atoms with Crippen LogP contribution in [0.1, 0.15) is 33.1 Å². The third-order valence-corrected chi connectivity index (χ3v) is 4.77. The van der Waals surface area contributed by atoms with Gasteiger partial charge < -0.3 is 11.1 Å². The van der Waals surface area contributed by atoms with Crippen LogP contribution >= 0.6 is 27.7 Å². The number of rotatable bonds is 9. The minimum absolute atomic E-state index is 0.265. The van der Waals surface area contributed by atoms with Crippen molar-refractivity contribution in [1.29, 1.82) is 0 Å². The van der Waals surface area contributed by atoms with Crippen LogP contribution in [0.15, 0.2) is 33.6 Å². The number of amides is 1. The molecule has 0 fully saturated rings. The van der Waals surface area contributed by atoms with E-state index in [0.717, 1.165) is 36.0 Å². The first-order chi connectivity index (χ1) is 9.48. The minimum Gasteiger partial charge on any atom is -0.368 e. The molecule has 0 heterocycles.